The van der Waals surface area contributed by atoms with Crippen molar-refractivity contribution < 1.29 is 14.3 Å². The van der Waals surface area contributed by atoms with Gasteiger partial charge < -0.3 is 15.0 Å². The molecule has 3 rings (SSSR count). The maximum Gasteiger partial charge on any atom is 0.321 e. The van der Waals surface area contributed by atoms with Crippen LogP contribution in [-0.2, 0) is 4.79 Å². The highest BCUT2D eigenvalue weighted by Gasteiger charge is 2.27. The van der Waals surface area contributed by atoms with Gasteiger partial charge in [-0.25, -0.2) is 4.79 Å². The van der Waals surface area contributed by atoms with Gasteiger partial charge in [0, 0.05) is 37.9 Å². The molecule has 2 aliphatic rings. The van der Waals surface area contributed by atoms with Gasteiger partial charge in [0.15, 0.2) is 0 Å². The van der Waals surface area contributed by atoms with Crippen LogP contribution in [0.25, 0.3) is 0 Å². The molecule has 1 heterocycles. The number of carbonyl (C=O) groups excluding carboxylic acids is 2. The monoisotopic (exact) mass is 374 g/mol. The highest BCUT2D eigenvalue weighted by Crippen LogP contribution is 2.21. The zero-order valence-electron chi connectivity index (χ0n) is 16.2. The third kappa shape index (κ3) is 5.13. The Kier molecular flexibility index (Phi) is 6.55. The maximum atomic E-state index is 12.4. The molecule has 1 aromatic rings. The van der Waals surface area contributed by atoms with E-state index in [9.17, 15) is 9.59 Å². The molecule has 0 bridgehead atoms. The summed E-state index contributed by atoms with van der Waals surface area (Å²) in [4.78, 5) is 28.8. The van der Waals surface area contributed by atoms with Gasteiger partial charge >= 0.3 is 6.03 Å². The number of rotatable bonds is 5. The highest BCUT2D eigenvalue weighted by molar-refractivity contribution is 5.96. The molecule has 7 nitrogen and oxygen atoms in total. The second kappa shape index (κ2) is 9.08. The van der Waals surface area contributed by atoms with E-state index < -0.39 is 0 Å². The van der Waals surface area contributed by atoms with Gasteiger partial charge in [-0.1, -0.05) is 12.8 Å². The summed E-state index contributed by atoms with van der Waals surface area (Å²) in [6.45, 7) is 5.12. The van der Waals surface area contributed by atoms with Crippen LogP contribution in [0.3, 0.4) is 0 Å². The van der Waals surface area contributed by atoms with Crippen LogP contribution in [-0.4, -0.2) is 62.2 Å². The molecule has 1 aromatic carbocycles. The molecular weight excluding hydrogens is 344 g/mol. The molecule has 0 radical (unpaired) electrons. The number of nitrogens with one attached hydrogen (secondary N) is 2. The topological polar surface area (TPSA) is 73.9 Å². The molecule has 1 aliphatic carbocycles. The zero-order chi connectivity index (χ0) is 19.2. The Balaban J connectivity index is 1.44. The first kappa shape index (κ1) is 19.5. The fourth-order valence-corrected chi connectivity index (χ4v) is 3.83. The van der Waals surface area contributed by atoms with Crippen molar-refractivity contribution in [3.8, 4) is 5.75 Å². The number of amides is 3. The lowest BCUT2D eigenvalue weighted by atomic mass is 10.2. The maximum absolute atomic E-state index is 12.4. The van der Waals surface area contributed by atoms with Gasteiger partial charge in [-0.3, -0.25) is 15.0 Å². The molecule has 27 heavy (non-hydrogen) atoms. The fraction of sp³-hybridized carbons (Fsp3) is 0.600. The van der Waals surface area contributed by atoms with Crippen LogP contribution in [0.5, 0.6) is 5.75 Å². The van der Waals surface area contributed by atoms with Crippen LogP contribution in [0.2, 0.25) is 0 Å². The van der Waals surface area contributed by atoms with Crippen LogP contribution >= 0.6 is 0 Å². The summed E-state index contributed by atoms with van der Waals surface area (Å²) in [5.41, 5.74) is 1.16. The summed E-state index contributed by atoms with van der Waals surface area (Å²) >= 11 is 0. The largest absolute Gasteiger partial charge is 0.497 e. The molecule has 0 aromatic heterocycles. The van der Waals surface area contributed by atoms with Crippen LogP contribution in [0.1, 0.15) is 32.6 Å². The number of carbonyl (C=O) groups is 2. The number of nitrogens with zero attached hydrogens (tertiary/aromatic N) is 2. The van der Waals surface area contributed by atoms with Gasteiger partial charge in [0.05, 0.1) is 13.2 Å². The van der Waals surface area contributed by atoms with Crippen LogP contribution < -0.4 is 20.3 Å². The Bertz CT molecular complexity index is 635. The van der Waals surface area contributed by atoms with E-state index in [0.717, 1.165) is 63.3 Å². The van der Waals surface area contributed by atoms with Gasteiger partial charge in [0.1, 0.15) is 5.75 Å². The summed E-state index contributed by atoms with van der Waals surface area (Å²) in [6, 6.07) is 7.55. The summed E-state index contributed by atoms with van der Waals surface area (Å²) in [7, 11) is 1.66. The first-order valence-electron chi connectivity index (χ1n) is 9.81. The number of piperazine rings is 1. The Morgan fingerprint density at radius 2 is 1.70 bits per heavy atom. The van der Waals surface area contributed by atoms with Crippen molar-refractivity contribution in [2.45, 2.75) is 44.7 Å². The minimum Gasteiger partial charge on any atom is -0.497 e. The molecule has 1 saturated heterocycles. The minimum absolute atomic E-state index is 0.209. The van der Waals surface area contributed by atoms with Crippen molar-refractivity contribution in [2.24, 2.45) is 0 Å². The predicted octanol–water partition coefficient (Wildman–Crippen LogP) is 1.97. The van der Waals surface area contributed by atoms with E-state index in [1.807, 2.05) is 19.1 Å². The number of methoxy groups -OCH3 is 1. The number of urea groups is 1. The lowest BCUT2D eigenvalue weighted by molar-refractivity contribution is -0.124. The Morgan fingerprint density at radius 3 is 2.30 bits per heavy atom. The molecule has 0 spiro atoms. The third-order valence-corrected chi connectivity index (χ3v) is 5.61. The van der Waals surface area contributed by atoms with Crippen molar-refractivity contribution >= 4 is 17.6 Å². The van der Waals surface area contributed by atoms with Crippen LogP contribution in [0.4, 0.5) is 10.5 Å². The summed E-state index contributed by atoms with van der Waals surface area (Å²) in [6.07, 6.45) is 4.30. The lowest BCUT2D eigenvalue weighted by Gasteiger charge is -2.38. The molecule has 1 aliphatic heterocycles. The number of hydrogen-bond acceptors (Lipinski definition) is 5. The minimum atomic E-state index is -0.365. The van der Waals surface area contributed by atoms with Gasteiger partial charge in [0.2, 0.25) is 5.91 Å². The van der Waals surface area contributed by atoms with E-state index in [1.165, 1.54) is 0 Å². The molecule has 2 fully saturated rings. The van der Waals surface area contributed by atoms with Crippen molar-refractivity contribution in [2.75, 3.05) is 38.2 Å². The number of hydrogen-bond donors (Lipinski definition) is 2. The third-order valence-electron chi connectivity index (χ3n) is 5.61. The molecule has 1 atom stereocenters. The molecule has 3 amide bonds. The van der Waals surface area contributed by atoms with E-state index >= 15 is 0 Å². The summed E-state index contributed by atoms with van der Waals surface area (Å²) in [5, 5.41) is 5.40. The average Bonchev–Trinajstić information content (AvgIpc) is 3.20. The van der Waals surface area contributed by atoms with Gasteiger partial charge in [-0.2, -0.15) is 0 Å². The molecule has 7 heteroatoms. The first-order chi connectivity index (χ1) is 13.1. The molecular formula is C20H30N4O3. The van der Waals surface area contributed by atoms with Crippen molar-refractivity contribution in [3.05, 3.63) is 24.3 Å². The van der Waals surface area contributed by atoms with Crippen LogP contribution in [0.15, 0.2) is 24.3 Å². The highest BCUT2D eigenvalue weighted by atomic mass is 16.5. The zero-order valence-corrected chi connectivity index (χ0v) is 16.2. The lowest BCUT2D eigenvalue weighted by Crippen LogP contribution is -2.56. The Morgan fingerprint density at radius 1 is 1.07 bits per heavy atom. The van der Waals surface area contributed by atoms with E-state index in [4.69, 9.17) is 4.74 Å². The fourth-order valence-electron chi connectivity index (χ4n) is 3.83. The number of imide groups is 1. The van der Waals surface area contributed by atoms with Gasteiger partial charge in [0.25, 0.3) is 0 Å². The van der Waals surface area contributed by atoms with E-state index in [0.29, 0.717) is 0 Å². The standard InChI is InChI=1S/C20H30N4O3/c1-15(19(25)22-20(26)21-16-5-3-4-6-16)23-11-13-24(14-12-23)17-7-9-18(27-2)10-8-17/h7-10,15-16H,3-6,11-14H2,1-2H3,(H2,21,22,25,26)/t15-/m1/s1. The average molecular weight is 374 g/mol. The second-order valence-corrected chi connectivity index (χ2v) is 7.34. The van der Waals surface area contributed by atoms with Gasteiger partial charge in [-0.15, -0.1) is 0 Å². The first-order valence-corrected chi connectivity index (χ1v) is 9.81. The summed E-state index contributed by atoms with van der Waals surface area (Å²) in [5.74, 6) is 0.613. The Hall–Kier alpha value is -2.28. The number of anilines is 1. The van der Waals surface area contributed by atoms with E-state index in [-0.39, 0.29) is 24.0 Å². The van der Waals surface area contributed by atoms with Crippen molar-refractivity contribution in [1.82, 2.24) is 15.5 Å². The summed E-state index contributed by atoms with van der Waals surface area (Å²) < 4.78 is 5.20. The quantitative estimate of drug-likeness (QED) is 0.824. The smallest absolute Gasteiger partial charge is 0.321 e. The molecule has 2 N–H and O–H groups in total. The molecule has 1 saturated carbocycles. The predicted molar refractivity (Wildman–Crippen MR) is 105 cm³/mol. The number of benzene rings is 1. The number of ether oxygens (including phenoxy) is 1. The van der Waals surface area contributed by atoms with Crippen molar-refractivity contribution in [3.63, 3.8) is 0 Å². The van der Waals surface area contributed by atoms with E-state index in [1.54, 1.807) is 7.11 Å². The van der Waals surface area contributed by atoms with Gasteiger partial charge in [-0.05, 0) is 44.0 Å². The SMILES string of the molecule is COc1ccc(N2CCN([C@H](C)C(=O)NC(=O)NC3CCCC3)CC2)cc1. The molecule has 148 valence electrons. The van der Waals surface area contributed by atoms with Crippen LogP contribution in [0, 0.1) is 0 Å². The molecule has 0 unspecified atom stereocenters. The van der Waals surface area contributed by atoms with E-state index in [2.05, 4.69) is 32.6 Å². The second-order valence-electron chi connectivity index (χ2n) is 7.34. The Labute approximate surface area is 161 Å². The van der Waals surface area contributed by atoms with Crippen molar-refractivity contribution in [1.29, 1.82) is 0 Å². The normalized spacial score (nSPS) is 19.6.